The summed E-state index contributed by atoms with van der Waals surface area (Å²) in [4.78, 5) is 0. The Labute approximate surface area is 210 Å². The van der Waals surface area contributed by atoms with E-state index in [2.05, 4.69) is 3.63 Å². The van der Waals surface area contributed by atoms with Crippen molar-refractivity contribution in [3.8, 4) is 0 Å². The van der Waals surface area contributed by atoms with Crippen molar-refractivity contribution < 1.29 is 51.6 Å². The van der Waals surface area contributed by atoms with Gasteiger partial charge in [0, 0.05) is 11.5 Å². The van der Waals surface area contributed by atoms with Crippen LogP contribution in [0.1, 0.15) is 97.8 Å². The molecule has 0 saturated carbocycles. The molecular weight excluding hydrogens is 547 g/mol. The molecular formula is C22H39F9O3S2. The molecule has 0 aliphatic rings. The first-order valence-electron chi connectivity index (χ1n) is 12.3. The minimum atomic E-state index is -7.30. The molecule has 36 heavy (non-hydrogen) atoms. The molecule has 0 amide bonds. The lowest BCUT2D eigenvalue weighted by molar-refractivity contribution is -0.382. The molecule has 220 valence electrons. The minimum Gasteiger partial charge on any atom is -0.215 e. The highest BCUT2D eigenvalue weighted by atomic mass is 32.3. The summed E-state index contributed by atoms with van der Waals surface area (Å²) in [5, 5.41) is -6.81. The molecule has 0 bridgehead atoms. The maximum absolute atomic E-state index is 14.3. The van der Waals surface area contributed by atoms with Crippen LogP contribution in [0.4, 0.5) is 39.5 Å². The van der Waals surface area contributed by atoms with Crippen LogP contribution in [0.25, 0.3) is 0 Å². The summed E-state index contributed by atoms with van der Waals surface area (Å²) in [6.45, 7) is 5.38. The van der Waals surface area contributed by atoms with Crippen molar-refractivity contribution in [3.05, 3.63) is 0 Å². The lowest BCUT2D eigenvalue weighted by atomic mass is 10.1. The SMILES string of the molecule is CCCCCCCCS(CC)(CCCCCCCC)OS(=O)(=O)C(F)(F)C(F)(F)C(F)(F)C(F)(F)F. The third-order valence-corrected chi connectivity index (χ3v) is 11.8. The molecule has 14 heteroatoms. The number of rotatable bonds is 20. The van der Waals surface area contributed by atoms with E-state index in [9.17, 15) is 47.9 Å². The number of halogens is 9. The van der Waals surface area contributed by atoms with Crippen LogP contribution in [0.3, 0.4) is 0 Å². The van der Waals surface area contributed by atoms with Crippen molar-refractivity contribution in [3.63, 3.8) is 0 Å². The van der Waals surface area contributed by atoms with Crippen LogP contribution in [0.5, 0.6) is 0 Å². The second-order valence-corrected chi connectivity index (χ2v) is 14.2. The van der Waals surface area contributed by atoms with Gasteiger partial charge in [0.25, 0.3) is 0 Å². The van der Waals surface area contributed by atoms with Crippen molar-refractivity contribution in [2.45, 2.75) is 121 Å². The van der Waals surface area contributed by atoms with Gasteiger partial charge in [0.15, 0.2) is 0 Å². The first-order valence-corrected chi connectivity index (χ1v) is 15.8. The molecule has 3 nitrogen and oxygen atoms in total. The van der Waals surface area contributed by atoms with Crippen LogP contribution in [-0.2, 0) is 13.7 Å². The zero-order chi connectivity index (χ0) is 28.3. The van der Waals surface area contributed by atoms with Gasteiger partial charge in [-0.15, -0.1) is 10.3 Å². The van der Waals surface area contributed by atoms with Crippen LogP contribution >= 0.6 is 10.3 Å². The number of hydrogen-bond acceptors (Lipinski definition) is 3. The predicted octanol–water partition coefficient (Wildman–Crippen LogP) is 9.22. The van der Waals surface area contributed by atoms with Crippen LogP contribution in [0.2, 0.25) is 0 Å². The van der Waals surface area contributed by atoms with Gasteiger partial charge in [-0.25, -0.2) is 3.63 Å². The molecule has 0 rings (SSSR count). The third-order valence-electron chi connectivity index (χ3n) is 5.93. The van der Waals surface area contributed by atoms with E-state index in [-0.39, 0.29) is 17.3 Å². The van der Waals surface area contributed by atoms with Crippen molar-refractivity contribution >= 4 is 20.4 Å². The first-order chi connectivity index (χ1) is 16.4. The predicted molar refractivity (Wildman–Crippen MR) is 126 cm³/mol. The second-order valence-electron chi connectivity index (χ2n) is 8.88. The molecule has 0 atom stereocenters. The van der Waals surface area contributed by atoms with E-state index in [0.29, 0.717) is 25.7 Å². The summed E-state index contributed by atoms with van der Waals surface area (Å²) in [7, 11) is -9.89. The lowest BCUT2D eigenvalue weighted by Gasteiger charge is -2.40. The largest absolute Gasteiger partial charge is 0.460 e. The smallest absolute Gasteiger partial charge is 0.215 e. The molecule has 0 N–H and O–H groups in total. The topological polar surface area (TPSA) is 43.4 Å². The van der Waals surface area contributed by atoms with Crippen molar-refractivity contribution in [2.24, 2.45) is 0 Å². The summed E-state index contributed by atoms with van der Waals surface area (Å²) in [6.07, 6.45) is 1.74. The molecule has 0 heterocycles. The quantitative estimate of drug-likeness (QED) is 0.106. The average molecular weight is 587 g/mol. The maximum Gasteiger partial charge on any atom is 0.460 e. The number of unbranched alkanes of at least 4 members (excludes halogenated alkanes) is 10. The standard InChI is InChI=1S/C22H39F9O3S2/c1-4-7-9-11-13-15-17-35(6-3,18-16-14-12-10-8-5-2)34-36(32,33)22(30,31)20(25,26)19(23,24)21(27,28)29/h4-18H2,1-3H3. The van der Waals surface area contributed by atoms with Crippen molar-refractivity contribution in [1.82, 2.24) is 0 Å². The van der Waals surface area contributed by atoms with Gasteiger partial charge in [0.2, 0.25) is 0 Å². The Balaban J connectivity index is 5.87. The fourth-order valence-electron chi connectivity index (χ4n) is 3.55. The first kappa shape index (κ1) is 35.6. The van der Waals surface area contributed by atoms with Gasteiger partial charge in [-0.3, -0.25) is 0 Å². The molecule has 0 fully saturated rings. The zero-order valence-corrected chi connectivity index (χ0v) is 22.7. The van der Waals surface area contributed by atoms with Crippen LogP contribution in [0, 0.1) is 0 Å². The van der Waals surface area contributed by atoms with Gasteiger partial charge in [0.05, 0.1) is 0 Å². The Morgan fingerprint density at radius 3 is 1.25 bits per heavy atom. The summed E-state index contributed by atoms with van der Waals surface area (Å²) < 4.78 is 149. The fourth-order valence-corrected chi connectivity index (χ4v) is 9.02. The van der Waals surface area contributed by atoms with E-state index in [0.717, 1.165) is 51.4 Å². The van der Waals surface area contributed by atoms with E-state index < -0.39 is 43.7 Å². The fraction of sp³-hybridized carbons (Fsp3) is 1.00. The number of alkyl halides is 9. The third kappa shape index (κ3) is 9.13. The summed E-state index contributed by atoms with van der Waals surface area (Å²) in [5.41, 5.74) is 0. The van der Waals surface area contributed by atoms with Crippen LogP contribution < -0.4 is 0 Å². The van der Waals surface area contributed by atoms with Gasteiger partial charge in [0.1, 0.15) is 0 Å². The highest BCUT2D eigenvalue weighted by molar-refractivity contribution is 8.33. The normalized spacial score (nSPS) is 14.9. The minimum absolute atomic E-state index is 0.0683. The van der Waals surface area contributed by atoms with E-state index in [4.69, 9.17) is 0 Å². The molecule has 0 spiro atoms. The van der Waals surface area contributed by atoms with Gasteiger partial charge in [-0.2, -0.15) is 47.9 Å². The molecule has 0 aromatic heterocycles. The van der Waals surface area contributed by atoms with Gasteiger partial charge in [-0.1, -0.05) is 85.0 Å². The monoisotopic (exact) mass is 586 g/mol. The molecule has 0 radical (unpaired) electrons. The Bertz CT molecular complexity index is 711. The van der Waals surface area contributed by atoms with Gasteiger partial charge >= 0.3 is 33.4 Å². The molecule has 0 unspecified atom stereocenters. The van der Waals surface area contributed by atoms with Crippen LogP contribution in [0.15, 0.2) is 0 Å². The molecule has 0 aliphatic carbocycles. The Morgan fingerprint density at radius 2 is 0.917 bits per heavy atom. The van der Waals surface area contributed by atoms with Gasteiger partial charge in [-0.05, 0) is 18.6 Å². The molecule has 0 saturated heterocycles. The highest BCUT2D eigenvalue weighted by Crippen LogP contribution is 2.59. The summed E-state index contributed by atoms with van der Waals surface area (Å²) >= 11 is 0. The molecule has 0 aliphatic heterocycles. The Morgan fingerprint density at radius 1 is 0.556 bits per heavy atom. The van der Waals surface area contributed by atoms with Crippen molar-refractivity contribution in [2.75, 3.05) is 17.3 Å². The summed E-state index contributed by atoms with van der Waals surface area (Å²) in [6, 6.07) is 0. The average Bonchev–Trinajstić information content (AvgIpc) is 2.76. The van der Waals surface area contributed by atoms with E-state index in [1.165, 1.54) is 6.92 Å². The Hall–Kier alpha value is -0.370. The molecule has 0 aromatic carbocycles. The maximum atomic E-state index is 14.3. The van der Waals surface area contributed by atoms with E-state index >= 15 is 0 Å². The summed E-state index contributed by atoms with van der Waals surface area (Å²) in [5.74, 6) is -14.9. The second kappa shape index (κ2) is 14.7. The lowest BCUT2D eigenvalue weighted by Crippen LogP contribution is -2.63. The molecule has 0 aromatic rings. The van der Waals surface area contributed by atoms with E-state index in [1.807, 2.05) is 13.8 Å². The number of hydrogen-bond donors (Lipinski definition) is 0. The van der Waals surface area contributed by atoms with Crippen molar-refractivity contribution in [1.29, 1.82) is 0 Å². The van der Waals surface area contributed by atoms with Gasteiger partial charge < -0.3 is 0 Å². The highest BCUT2D eigenvalue weighted by Gasteiger charge is 2.86. The van der Waals surface area contributed by atoms with E-state index in [1.54, 1.807) is 0 Å². The van der Waals surface area contributed by atoms with Crippen LogP contribution in [-0.4, -0.2) is 49.0 Å². The Kier molecular flexibility index (Phi) is 14.5. The zero-order valence-electron chi connectivity index (χ0n) is 21.0.